The predicted octanol–water partition coefficient (Wildman–Crippen LogP) is 17.7. The van der Waals surface area contributed by atoms with Crippen LogP contribution < -0.4 is 0 Å². The van der Waals surface area contributed by atoms with E-state index in [9.17, 15) is 0 Å². The first kappa shape index (κ1) is 41.8. The molecule has 2 aromatic heterocycles. The zero-order chi connectivity index (χ0) is 45.8. The number of fused-ring (bicyclic) bond motifs is 3. The highest BCUT2D eigenvalue weighted by molar-refractivity contribution is 6.12. The zero-order valence-corrected chi connectivity index (χ0v) is 37.9. The Kier molecular flexibility index (Phi) is 11.4. The Morgan fingerprint density at radius 3 is 1.35 bits per heavy atom. The van der Waals surface area contributed by atoms with E-state index in [2.05, 4.69) is 261 Å². The summed E-state index contributed by atoms with van der Waals surface area (Å²) >= 11 is 0. The smallest absolute Gasteiger partial charge is 0.0715 e. The summed E-state index contributed by atoms with van der Waals surface area (Å²) in [6.45, 7) is 6.69. The predicted molar refractivity (Wildman–Crippen MR) is 289 cm³/mol. The molecule has 68 heavy (non-hydrogen) atoms. The molecule has 0 N–H and O–H groups in total. The van der Waals surface area contributed by atoms with Crippen LogP contribution in [0.4, 0.5) is 0 Å². The monoisotopic (exact) mass is 868 g/mol. The lowest BCUT2D eigenvalue weighted by Crippen LogP contribution is -1.93. The van der Waals surface area contributed by atoms with Crippen molar-refractivity contribution in [2.45, 2.75) is 6.92 Å². The summed E-state index contributed by atoms with van der Waals surface area (Å²) in [6, 6.07) is 88.7. The van der Waals surface area contributed by atoms with Crippen molar-refractivity contribution in [2.24, 2.45) is 0 Å². The number of para-hydroxylation sites is 1. The van der Waals surface area contributed by atoms with Crippen LogP contribution in [0.3, 0.4) is 0 Å². The van der Waals surface area contributed by atoms with Crippen LogP contribution in [0.5, 0.6) is 0 Å². The number of nitrogens with zero attached hydrogens (tertiary/aromatic N) is 2. The molecule has 9 aromatic carbocycles. The molecule has 0 fully saturated rings. The van der Waals surface area contributed by atoms with Crippen molar-refractivity contribution in [1.82, 2.24) is 9.55 Å². The van der Waals surface area contributed by atoms with E-state index in [4.69, 9.17) is 4.98 Å². The van der Waals surface area contributed by atoms with E-state index < -0.39 is 0 Å². The van der Waals surface area contributed by atoms with Crippen LogP contribution in [0.1, 0.15) is 23.6 Å². The summed E-state index contributed by atoms with van der Waals surface area (Å²) in [5, 5.41) is 2.40. The van der Waals surface area contributed by atoms with Crippen LogP contribution in [0.2, 0.25) is 0 Å². The van der Waals surface area contributed by atoms with E-state index in [1.165, 1.54) is 21.9 Å². The van der Waals surface area contributed by atoms with Gasteiger partial charge < -0.3 is 4.57 Å². The Labute approximate surface area is 398 Å². The maximum absolute atomic E-state index is 5.15. The molecule has 0 aliphatic carbocycles. The molecule has 0 amide bonds. The number of benzene rings is 9. The van der Waals surface area contributed by atoms with Gasteiger partial charge >= 0.3 is 0 Å². The van der Waals surface area contributed by atoms with Crippen LogP contribution in [0.25, 0.3) is 100 Å². The quantitative estimate of drug-likeness (QED) is 0.118. The fraction of sp³-hybridized carbons (Fsp3) is 0.0152. The molecule has 0 unspecified atom stereocenters. The van der Waals surface area contributed by atoms with Crippen molar-refractivity contribution in [3.8, 4) is 61.6 Å². The van der Waals surface area contributed by atoms with Crippen molar-refractivity contribution in [1.29, 1.82) is 0 Å². The average Bonchev–Trinajstić information content (AvgIpc) is 3.75. The minimum absolute atomic E-state index is 0.951. The molecular weight excluding hydrogens is 821 g/mol. The van der Waals surface area contributed by atoms with Crippen molar-refractivity contribution in [3.63, 3.8) is 0 Å². The van der Waals surface area contributed by atoms with Crippen molar-refractivity contribution in [2.75, 3.05) is 0 Å². The Balaban J connectivity index is 1.02. The van der Waals surface area contributed by atoms with Gasteiger partial charge in [-0.3, -0.25) is 0 Å². The largest absolute Gasteiger partial charge is 0.309 e. The van der Waals surface area contributed by atoms with Gasteiger partial charge in [0.05, 0.1) is 22.4 Å². The fourth-order valence-corrected chi connectivity index (χ4v) is 9.35. The highest BCUT2D eigenvalue weighted by Gasteiger charge is 2.16. The summed E-state index contributed by atoms with van der Waals surface area (Å²) in [7, 11) is 0. The van der Waals surface area contributed by atoms with Gasteiger partial charge in [0, 0.05) is 27.6 Å². The van der Waals surface area contributed by atoms with E-state index in [1.54, 1.807) is 0 Å². The number of hydrogen-bond acceptors (Lipinski definition) is 1. The van der Waals surface area contributed by atoms with Crippen LogP contribution in [0, 0.1) is 0 Å². The third-order valence-electron chi connectivity index (χ3n) is 12.9. The molecule has 0 radical (unpaired) electrons. The van der Waals surface area contributed by atoms with Gasteiger partial charge in [-0.1, -0.05) is 201 Å². The van der Waals surface area contributed by atoms with E-state index in [0.29, 0.717) is 0 Å². The number of allylic oxidation sites excluding steroid dienone is 5. The molecule has 0 aliphatic heterocycles. The molecule has 0 atom stereocenters. The molecule has 2 heteroatoms. The molecule has 0 bridgehead atoms. The van der Waals surface area contributed by atoms with E-state index in [1.807, 2.05) is 18.2 Å². The van der Waals surface area contributed by atoms with Gasteiger partial charge in [-0.05, 0) is 140 Å². The number of pyridine rings is 1. The van der Waals surface area contributed by atoms with Crippen LogP contribution >= 0.6 is 0 Å². The van der Waals surface area contributed by atoms with Crippen molar-refractivity contribution >= 4 is 38.5 Å². The Morgan fingerprint density at radius 2 is 0.794 bits per heavy atom. The normalized spacial score (nSPS) is 11.8. The van der Waals surface area contributed by atoms with Gasteiger partial charge in [-0.25, -0.2) is 4.98 Å². The lowest BCUT2D eigenvalue weighted by atomic mass is 9.93. The second-order valence-corrected chi connectivity index (χ2v) is 17.3. The van der Waals surface area contributed by atoms with Crippen LogP contribution in [-0.2, 0) is 0 Å². The minimum Gasteiger partial charge on any atom is -0.309 e. The van der Waals surface area contributed by atoms with E-state index in [0.717, 1.165) is 94.9 Å². The Hall–Kier alpha value is -8.85. The number of aromatic nitrogens is 2. The summed E-state index contributed by atoms with van der Waals surface area (Å²) in [5.41, 5.74) is 21.1. The number of rotatable bonds is 11. The third-order valence-corrected chi connectivity index (χ3v) is 12.9. The number of hydrogen-bond donors (Lipinski definition) is 0. The molecule has 0 saturated carbocycles. The zero-order valence-electron chi connectivity index (χ0n) is 37.9. The summed E-state index contributed by atoms with van der Waals surface area (Å²) in [5.74, 6) is 0. The van der Waals surface area contributed by atoms with Gasteiger partial charge in [0.15, 0.2) is 0 Å². The second kappa shape index (κ2) is 18.6. The second-order valence-electron chi connectivity index (χ2n) is 17.3. The lowest BCUT2D eigenvalue weighted by Gasteiger charge is -2.12. The van der Waals surface area contributed by atoms with Gasteiger partial charge in [0.2, 0.25) is 0 Å². The summed E-state index contributed by atoms with van der Waals surface area (Å²) in [4.78, 5) is 5.15. The molecule has 2 nitrogen and oxygen atoms in total. The molecule has 322 valence electrons. The van der Waals surface area contributed by atoms with Gasteiger partial charge in [-0.15, -0.1) is 0 Å². The third kappa shape index (κ3) is 8.55. The highest BCUT2D eigenvalue weighted by atomic mass is 15.0. The van der Waals surface area contributed by atoms with E-state index in [-0.39, 0.29) is 0 Å². The molecule has 2 heterocycles. The van der Waals surface area contributed by atoms with Crippen LogP contribution in [0.15, 0.2) is 267 Å². The van der Waals surface area contributed by atoms with E-state index >= 15 is 0 Å². The van der Waals surface area contributed by atoms with Gasteiger partial charge in [-0.2, -0.15) is 0 Å². The first-order valence-corrected chi connectivity index (χ1v) is 23.2. The van der Waals surface area contributed by atoms with Crippen molar-refractivity contribution in [3.05, 3.63) is 284 Å². The highest BCUT2D eigenvalue weighted by Crippen LogP contribution is 2.39. The topological polar surface area (TPSA) is 17.8 Å². The van der Waals surface area contributed by atoms with Gasteiger partial charge in [0.1, 0.15) is 0 Å². The Bertz CT molecular complexity index is 3600. The lowest BCUT2D eigenvalue weighted by molar-refractivity contribution is 1.18. The van der Waals surface area contributed by atoms with Crippen LogP contribution in [-0.4, -0.2) is 9.55 Å². The summed E-state index contributed by atoms with van der Waals surface area (Å²) < 4.78 is 2.39. The SMILES string of the molecule is C=C(/C=C(\C=C(/C)c1ccccc1)c1cccc(-c2ccc3c(c2)c2cc(-c4cccc(-c5cc(-c6ccccc6)nc(-c6ccccc6)c5)c4)ccc2n3-c2ccccc2)c1)c1ccccc1. The van der Waals surface area contributed by atoms with Crippen molar-refractivity contribution < 1.29 is 0 Å². The molecule has 11 aromatic rings. The maximum atomic E-state index is 5.15. The maximum Gasteiger partial charge on any atom is 0.0715 e. The Morgan fingerprint density at radius 1 is 0.368 bits per heavy atom. The first-order valence-electron chi connectivity index (χ1n) is 23.2. The molecule has 0 spiro atoms. The molecule has 0 saturated heterocycles. The summed E-state index contributed by atoms with van der Waals surface area (Å²) in [6.07, 6.45) is 4.50. The first-order chi connectivity index (χ1) is 33.5. The molecular formula is C66H48N2. The minimum atomic E-state index is 0.951. The standard InChI is InChI=1S/C66H48N2/c1-46(48-20-8-3-9-21-48)38-58(39-47(2)49-22-10-4-11-23-49)54-30-18-28-52(40-54)56-34-36-65-61(42-56)62-43-57(35-37-66(62)68(65)60-32-16-7-17-33-60)53-29-19-31-55(41-53)59-44-63(50-24-12-5-13-25-50)67-64(45-59)51-26-14-6-15-27-51/h3-45H,1H2,2H3/b47-39+,58-38+. The molecule has 0 aliphatic rings. The van der Waals surface area contributed by atoms with Gasteiger partial charge in [0.25, 0.3) is 0 Å². The fourth-order valence-electron chi connectivity index (χ4n) is 9.35. The molecule has 11 rings (SSSR count). The average molecular weight is 869 g/mol.